The van der Waals surface area contributed by atoms with Gasteiger partial charge in [0.15, 0.2) is 0 Å². The number of fused-ring (bicyclic) bond motifs is 1. The van der Waals surface area contributed by atoms with Crippen LogP contribution >= 0.6 is 0 Å². The molecule has 1 aliphatic rings. The highest BCUT2D eigenvalue weighted by Crippen LogP contribution is 2.23. The highest BCUT2D eigenvalue weighted by atomic mass is 16.3. The molecule has 0 aliphatic carbocycles. The van der Waals surface area contributed by atoms with Gasteiger partial charge in [0.2, 0.25) is 0 Å². The van der Waals surface area contributed by atoms with Crippen molar-refractivity contribution in [1.29, 1.82) is 0 Å². The molecule has 2 N–H and O–H groups in total. The summed E-state index contributed by atoms with van der Waals surface area (Å²) in [6, 6.07) is 13.4. The number of carbonyl (C=O) groups excluding carboxylic acids is 1. The first kappa shape index (κ1) is 19.3. The highest BCUT2D eigenvalue weighted by molar-refractivity contribution is 5.74. The van der Waals surface area contributed by atoms with E-state index < -0.39 is 0 Å². The molecule has 152 valence electrons. The maximum absolute atomic E-state index is 12.4. The minimum atomic E-state index is 0.0331. The number of pyridine rings is 1. The summed E-state index contributed by atoms with van der Waals surface area (Å²) in [5, 5.41) is 12.4. The average molecular weight is 393 g/mol. The fourth-order valence-electron chi connectivity index (χ4n) is 3.98. The summed E-state index contributed by atoms with van der Waals surface area (Å²) in [5.74, 6) is 0.972. The SMILES string of the molecule is O=C(NCCc1cn2ccccc2n1)N1CCC(CCc2ccc(O)cc2)CC1. The molecule has 3 aromatic rings. The van der Waals surface area contributed by atoms with E-state index in [9.17, 15) is 9.90 Å². The van der Waals surface area contributed by atoms with Gasteiger partial charge in [-0.15, -0.1) is 0 Å². The number of likely N-dealkylation sites (tertiary alicyclic amines) is 1. The van der Waals surface area contributed by atoms with Crippen molar-refractivity contribution in [2.45, 2.75) is 32.1 Å². The molecule has 1 saturated heterocycles. The molecular formula is C23H28N4O2. The van der Waals surface area contributed by atoms with Crippen molar-refractivity contribution < 1.29 is 9.90 Å². The topological polar surface area (TPSA) is 69.9 Å². The average Bonchev–Trinajstić information content (AvgIpc) is 3.16. The van der Waals surface area contributed by atoms with Crippen molar-refractivity contribution in [1.82, 2.24) is 19.6 Å². The summed E-state index contributed by atoms with van der Waals surface area (Å²) in [4.78, 5) is 18.9. The van der Waals surface area contributed by atoms with Crippen LogP contribution in [0.5, 0.6) is 5.75 Å². The zero-order chi connectivity index (χ0) is 20.1. The molecule has 0 atom stereocenters. The number of phenols is 1. The normalized spacial score (nSPS) is 15.0. The van der Waals surface area contributed by atoms with Crippen LogP contribution in [0.25, 0.3) is 5.65 Å². The van der Waals surface area contributed by atoms with E-state index in [4.69, 9.17) is 0 Å². The van der Waals surface area contributed by atoms with E-state index in [0.717, 1.165) is 56.5 Å². The van der Waals surface area contributed by atoms with Gasteiger partial charge in [-0.25, -0.2) is 9.78 Å². The number of phenolic OH excluding ortho intramolecular Hbond substituents is 1. The molecule has 4 rings (SSSR count). The lowest BCUT2D eigenvalue weighted by Crippen LogP contribution is -2.45. The van der Waals surface area contributed by atoms with Crippen LogP contribution in [0.15, 0.2) is 54.9 Å². The predicted octanol–water partition coefficient (Wildman–Crippen LogP) is 3.64. The van der Waals surface area contributed by atoms with Crippen molar-refractivity contribution in [3.8, 4) is 5.75 Å². The monoisotopic (exact) mass is 392 g/mol. The number of nitrogens with one attached hydrogen (secondary N) is 1. The van der Waals surface area contributed by atoms with Crippen LogP contribution in [0.3, 0.4) is 0 Å². The first-order valence-corrected chi connectivity index (χ1v) is 10.4. The second-order valence-corrected chi connectivity index (χ2v) is 7.82. The lowest BCUT2D eigenvalue weighted by Gasteiger charge is -2.32. The lowest BCUT2D eigenvalue weighted by atomic mass is 9.90. The van der Waals surface area contributed by atoms with Crippen molar-refractivity contribution >= 4 is 11.7 Å². The van der Waals surface area contributed by atoms with Gasteiger partial charge in [0, 0.05) is 38.4 Å². The number of imidazole rings is 1. The molecule has 0 saturated carbocycles. The molecule has 1 aliphatic heterocycles. The zero-order valence-electron chi connectivity index (χ0n) is 16.6. The van der Waals surface area contributed by atoms with Crippen LogP contribution in [0.2, 0.25) is 0 Å². The van der Waals surface area contributed by atoms with Crippen LogP contribution in [-0.4, -0.2) is 45.1 Å². The van der Waals surface area contributed by atoms with E-state index in [1.165, 1.54) is 5.56 Å². The van der Waals surface area contributed by atoms with Crippen molar-refractivity contribution in [3.05, 3.63) is 66.1 Å². The summed E-state index contributed by atoms with van der Waals surface area (Å²) < 4.78 is 2.00. The molecule has 2 amide bonds. The Morgan fingerprint density at radius 3 is 2.66 bits per heavy atom. The zero-order valence-corrected chi connectivity index (χ0v) is 16.6. The molecule has 1 fully saturated rings. The molecule has 6 heteroatoms. The van der Waals surface area contributed by atoms with Crippen molar-refractivity contribution in [3.63, 3.8) is 0 Å². The summed E-state index contributed by atoms with van der Waals surface area (Å²) in [7, 11) is 0. The molecule has 2 aromatic heterocycles. The standard InChI is InChI=1S/C23H28N4O2/c28-21-8-6-18(7-9-21)4-5-19-11-15-26(16-12-19)23(29)24-13-10-20-17-27-14-2-1-3-22(27)25-20/h1-3,6-9,14,17,19,28H,4-5,10-13,15-16H2,(H,24,29). The highest BCUT2D eigenvalue weighted by Gasteiger charge is 2.22. The fourth-order valence-corrected chi connectivity index (χ4v) is 3.98. The van der Waals surface area contributed by atoms with Gasteiger partial charge in [-0.3, -0.25) is 0 Å². The van der Waals surface area contributed by atoms with Gasteiger partial charge in [0.05, 0.1) is 5.69 Å². The molecule has 0 unspecified atom stereocenters. The second-order valence-electron chi connectivity index (χ2n) is 7.82. The van der Waals surface area contributed by atoms with E-state index >= 15 is 0 Å². The van der Waals surface area contributed by atoms with Crippen LogP contribution in [0.4, 0.5) is 4.79 Å². The number of nitrogens with zero attached hydrogens (tertiary/aromatic N) is 3. The summed E-state index contributed by atoms with van der Waals surface area (Å²) in [6.07, 6.45) is 8.99. The first-order chi connectivity index (χ1) is 14.2. The number of rotatable bonds is 6. The van der Waals surface area contributed by atoms with Crippen molar-refractivity contribution in [2.24, 2.45) is 5.92 Å². The molecule has 29 heavy (non-hydrogen) atoms. The summed E-state index contributed by atoms with van der Waals surface area (Å²) >= 11 is 0. The van der Waals surface area contributed by atoms with E-state index in [1.54, 1.807) is 12.1 Å². The van der Waals surface area contributed by atoms with Crippen LogP contribution in [0, 0.1) is 5.92 Å². The van der Waals surface area contributed by atoms with Crippen LogP contribution in [-0.2, 0) is 12.8 Å². The summed E-state index contributed by atoms with van der Waals surface area (Å²) in [6.45, 7) is 2.24. The number of aromatic nitrogens is 2. The minimum absolute atomic E-state index is 0.0331. The Morgan fingerprint density at radius 2 is 1.90 bits per heavy atom. The van der Waals surface area contributed by atoms with Gasteiger partial charge in [-0.05, 0) is 61.4 Å². The number of piperidine rings is 1. The summed E-state index contributed by atoms with van der Waals surface area (Å²) in [5.41, 5.74) is 3.18. The Bertz CT molecular complexity index is 910. The van der Waals surface area contributed by atoms with Crippen LogP contribution in [0.1, 0.15) is 30.5 Å². The Balaban J connectivity index is 1.16. The molecule has 1 aromatic carbocycles. The number of benzene rings is 1. The van der Waals surface area contributed by atoms with E-state index in [0.29, 0.717) is 18.2 Å². The maximum atomic E-state index is 12.4. The van der Waals surface area contributed by atoms with Crippen LogP contribution < -0.4 is 5.32 Å². The number of urea groups is 1. The molecule has 0 spiro atoms. The third kappa shape index (κ3) is 5.08. The molecule has 6 nitrogen and oxygen atoms in total. The Labute approximate surface area is 171 Å². The van der Waals surface area contributed by atoms with Gasteiger partial charge in [-0.1, -0.05) is 18.2 Å². The van der Waals surface area contributed by atoms with E-state index in [2.05, 4.69) is 10.3 Å². The Hall–Kier alpha value is -3.02. The van der Waals surface area contributed by atoms with Gasteiger partial charge in [-0.2, -0.15) is 0 Å². The largest absolute Gasteiger partial charge is 0.508 e. The number of aryl methyl sites for hydroxylation is 1. The fraction of sp³-hybridized carbons (Fsp3) is 0.391. The Morgan fingerprint density at radius 1 is 1.10 bits per heavy atom. The number of aromatic hydroxyl groups is 1. The smallest absolute Gasteiger partial charge is 0.317 e. The lowest BCUT2D eigenvalue weighted by molar-refractivity contribution is 0.168. The van der Waals surface area contributed by atoms with Gasteiger partial charge in [0.1, 0.15) is 11.4 Å². The third-order valence-electron chi connectivity index (χ3n) is 5.75. The molecular weight excluding hydrogens is 364 g/mol. The molecule has 0 bridgehead atoms. The van der Waals surface area contributed by atoms with Gasteiger partial charge < -0.3 is 19.7 Å². The minimum Gasteiger partial charge on any atom is -0.508 e. The first-order valence-electron chi connectivity index (χ1n) is 10.4. The van der Waals surface area contributed by atoms with Crippen molar-refractivity contribution in [2.75, 3.05) is 19.6 Å². The van der Waals surface area contributed by atoms with Gasteiger partial charge >= 0.3 is 6.03 Å². The number of hydrogen-bond donors (Lipinski definition) is 2. The quantitative estimate of drug-likeness (QED) is 0.673. The number of carbonyl (C=O) groups is 1. The van der Waals surface area contributed by atoms with E-state index in [-0.39, 0.29) is 6.03 Å². The Kier molecular flexibility index (Phi) is 5.98. The van der Waals surface area contributed by atoms with Gasteiger partial charge in [0.25, 0.3) is 0 Å². The predicted molar refractivity (Wildman–Crippen MR) is 113 cm³/mol. The third-order valence-corrected chi connectivity index (χ3v) is 5.75. The number of amides is 2. The number of hydrogen-bond acceptors (Lipinski definition) is 3. The molecule has 0 radical (unpaired) electrons. The van der Waals surface area contributed by atoms with E-state index in [1.807, 2.05) is 52.0 Å². The maximum Gasteiger partial charge on any atom is 0.317 e. The molecule has 3 heterocycles. The second kappa shape index (κ2) is 8.99.